The first kappa shape index (κ1) is 6.82. The molecule has 0 amide bonds. The molecule has 0 aliphatic heterocycles. The van der Waals surface area contributed by atoms with Gasteiger partial charge in [0.25, 0.3) is 0 Å². The zero-order valence-corrected chi connectivity index (χ0v) is 6.18. The van der Waals surface area contributed by atoms with Crippen LogP contribution in [0.4, 0.5) is 0 Å². The van der Waals surface area contributed by atoms with Crippen molar-refractivity contribution in [1.29, 1.82) is 0 Å². The average Bonchev–Trinajstić information content (AvgIpc) is 1.88. The largest absolute Gasteiger partial charge is 0.257 e. The maximum Gasteiger partial charge on any atom is 0.0532 e. The molecule has 0 aliphatic rings. The number of aryl methyl sites for hydroxylation is 2. The number of rotatable bonds is 0. The van der Waals surface area contributed by atoms with Crippen molar-refractivity contribution in [2.24, 2.45) is 0 Å². The predicted molar refractivity (Wildman–Crippen MR) is 41.6 cm³/mol. The molecule has 1 aromatic heterocycles. The van der Waals surface area contributed by atoms with E-state index in [1.807, 2.05) is 26.0 Å². The molecule has 0 saturated heterocycles. The molecule has 0 spiro atoms. The van der Waals surface area contributed by atoms with Crippen LogP contribution in [0.3, 0.4) is 0 Å². The number of hydrogen-bond acceptors (Lipinski definition) is 1. The van der Waals surface area contributed by atoms with Crippen LogP contribution in [0.5, 0.6) is 0 Å². The Kier molecular flexibility index (Phi) is 1.73. The van der Waals surface area contributed by atoms with Crippen LogP contribution in [0.1, 0.15) is 17.0 Å². The van der Waals surface area contributed by atoms with E-state index in [1.165, 1.54) is 0 Å². The standard InChI is InChI=1S/C9H9N/c1-4-9-6-5-7(2)10-8(9)3/h1,5-6H,2-3H3. The first-order chi connectivity index (χ1) is 4.74. The van der Waals surface area contributed by atoms with Gasteiger partial charge in [0.1, 0.15) is 0 Å². The molecule has 0 saturated carbocycles. The Morgan fingerprint density at radius 3 is 2.60 bits per heavy atom. The van der Waals surface area contributed by atoms with E-state index in [0.717, 1.165) is 17.0 Å². The van der Waals surface area contributed by atoms with Crippen molar-refractivity contribution in [1.82, 2.24) is 4.98 Å². The molecule has 1 rings (SSSR count). The number of pyridine rings is 1. The smallest absolute Gasteiger partial charge is 0.0532 e. The second-order valence-corrected chi connectivity index (χ2v) is 2.23. The molecule has 0 aliphatic carbocycles. The fourth-order valence-electron chi connectivity index (χ4n) is 0.839. The lowest BCUT2D eigenvalue weighted by atomic mass is 10.2. The van der Waals surface area contributed by atoms with Crippen molar-refractivity contribution < 1.29 is 0 Å². The van der Waals surface area contributed by atoms with Crippen LogP contribution in [0, 0.1) is 26.2 Å². The van der Waals surface area contributed by atoms with Gasteiger partial charge in [0, 0.05) is 11.3 Å². The van der Waals surface area contributed by atoms with Crippen molar-refractivity contribution in [3.63, 3.8) is 0 Å². The zero-order valence-electron chi connectivity index (χ0n) is 6.18. The highest BCUT2D eigenvalue weighted by atomic mass is 14.7. The van der Waals surface area contributed by atoms with E-state index in [4.69, 9.17) is 6.42 Å². The first-order valence-electron chi connectivity index (χ1n) is 3.15. The van der Waals surface area contributed by atoms with E-state index >= 15 is 0 Å². The second kappa shape index (κ2) is 2.53. The van der Waals surface area contributed by atoms with Crippen molar-refractivity contribution in [2.75, 3.05) is 0 Å². The minimum absolute atomic E-state index is 0.880. The second-order valence-electron chi connectivity index (χ2n) is 2.23. The van der Waals surface area contributed by atoms with Gasteiger partial charge in [-0.1, -0.05) is 5.92 Å². The van der Waals surface area contributed by atoms with Gasteiger partial charge in [-0.05, 0) is 26.0 Å². The van der Waals surface area contributed by atoms with Gasteiger partial charge < -0.3 is 0 Å². The number of terminal acetylenes is 1. The van der Waals surface area contributed by atoms with E-state index < -0.39 is 0 Å². The summed E-state index contributed by atoms with van der Waals surface area (Å²) < 4.78 is 0. The summed E-state index contributed by atoms with van der Waals surface area (Å²) in [6.07, 6.45) is 5.21. The summed E-state index contributed by atoms with van der Waals surface area (Å²) >= 11 is 0. The normalized spacial score (nSPS) is 8.90. The summed E-state index contributed by atoms with van der Waals surface area (Å²) in [7, 11) is 0. The van der Waals surface area contributed by atoms with Gasteiger partial charge in [0.15, 0.2) is 0 Å². The molecule has 50 valence electrons. The Morgan fingerprint density at radius 2 is 2.10 bits per heavy atom. The van der Waals surface area contributed by atoms with Crippen LogP contribution in [-0.2, 0) is 0 Å². The summed E-state index contributed by atoms with van der Waals surface area (Å²) in [5.74, 6) is 2.56. The van der Waals surface area contributed by atoms with Crippen LogP contribution < -0.4 is 0 Å². The highest BCUT2D eigenvalue weighted by molar-refractivity contribution is 5.35. The summed E-state index contributed by atoms with van der Waals surface area (Å²) in [5.41, 5.74) is 2.82. The fraction of sp³-hybridized carbons (Fsp3) is 0.222. The number of hydrogen-bond donors (Lipinski definition) is 0. The third-order valence-electron chi connectivity index (χ3n) is 1.38. The van der Waals surface area contributed by atoms with Crippen LogP contribution in [-0.4, -0.2) is 4.98 Å². The Labute approximate surface area is 61.1 Å². The van der Waals surface area contributed by atoms with Crippen molar-refractivity contribution in [3.05, 3.63) is 29.1 Å². The van der Waals surface area contributed by atoms with E-state index in [0.29, 0.717) is 0 Å². The molecule has 1 heterocycles. The lowest BCUT2D eigenvalue weighted by molar-refractivity contribution is 1.11. The minimum atomic E-state index is 0.880. The van der Waals surface area contributed by atoms with Gasteiger partial charge in [-0.3, -0.25) is 4.98 Å². The van der Waals surface area contributed by atoms with Crippen LogP contribution in [0.25, 0.3) is 0 Å². The number of aromatic nitrogens is 1. The summed E-state index contributed by atoms with van der Waals surface area (Å²) in [4.78, 5) is 4.20. The van der Waals surface area contributed by atoms with E-state index in [1.54, 1.807) is 0 Å². The Bertz CT molecular complexity index is 281. The molecule has 10 heavy (non-hydrogen) atoms. The first-order valence-corrected chi connectivity index (χ1v) is 3.15. The molecule has 0 atom stereocenters. The van der Waals surface area contributed by atoms with Gasteiger partial charge in [0.2, 0.25) is 0 Å². The average molecular weight is 131 g/mol. The molecule has 0 bridgehead atoms. The molecule has 1 aromatic rings. The predicted octanol–water partition coefficient (Wildman–Crippen LogP) is 1.68. The van der Waals surface area contributed by atoms with Gasteiger partial charge in [-0.25, -0.2) is 0 Å². The lowest BCUT2D eigenvalue weighted by Crippen LogP contribution is -1.88. The third-order valence-corrected chi connectivity index (χ3v) is 1.38. The van der Waals surface area contributed by atoms with Crippen molar-refractivity contribution in [3.8, 4) is 12.3 Å². The topological polar surface area (TPSA) is 12.9 Å². The zero-order chi connectivity index (χ0) is 7.56. The fourth-order valence-corrected chi connectivity index (χ4v) is 0.839. The van der Waals surface area contributed by atoms with E-state index in [2.05, 4.69) is 10.9 Å². The van der Waals surface area contributed by atoms with Crippen LogP contribution >= 0.6 is 0 Å². The molecule has 1 nitrogen and oxygen atoms in total. The number of nitrogens with zero attached hydrogens (tertiary/aromatic N) is 1. The maximum atomic E-state index is 5.21. The van der Waals surface area contributed by atoms with Crippen LogP contribution in [0.2, 0.25) is 0 Å². The van der Waals surface area contributed by atoms with E-state index in [-0.39, 0.29) is 0 Å². The summed E-state index contributed by atoms with van der Waals surface area (Å²) in [5, 5.41) is 0. The quantitative estimate of drug-likeness (QED) is 0.488. The Morgan fingerprint density at radius 1 is 1.40 bits per heavy atom. The van der Waals surface area contributed by atoms with E-state index in [9.17, 15) is 0 Å². The maximum absolute atomic E-state index is 5.21. The van der Waals surface area contributed by atoms with Crippen molar-refractivity contribution in [2.45, 2.75) is 13.8 Å². The highest BCUT2D eigenvalue weighted by Crippen LogP contribution is 2.03. The third kappa shape index (κ3) is 1.16. The Hall–Kier alpha value is -1.29. The van der Waals surface area contributed by atoms with Gasteiger partial charge in [0.05, 0.1) is 5.69 Å². The molecule has 0 aromatic carbocycles. The van der Waals surface area contributed by atoms with Crippen LogP contribution in [0.15, 0.2) is 12.1 Å². The lowest BCUT2D eigenvalue weighted by Gasteiger charge is -1.96. The molecule has 0 unspecified atom stereocenters. The molecule has 0 N–H and O–H groups in total. The SMILES string of the molecule is C#Cc1ccc(C)nc1C. The molecule has 0 radical (unpaired) electrons. The Balaban J connectivity index is 3.23. The summed E-state index contributed by atoms with van der Waals surface area (Å²) in [6.45, 7) is 3.87. The van der Waals surface area contributed by atoms with Gasteiger partial charge >= 0.3 is 0 Å². The molecule has 1 heteroatoms. The highest BCUT2D eigenvalue weighted by Gasteiger charge is 1.93. The molecule has 0 fully saturated rings. The minimum Gasteiger partial charge on any atom is -0.257 e. The van der Waals surface area contributed by atoms with Gasteiger partial charge in [-0.2, -0.15) is 0 Å². The van der Waals surface area contributed by atoms with Gasteiger partial charge in [-0.15, -0.1) is 6.42 Å². The van der Waals surface area contributed by atoms with Crippen molar-refractivity contribution >= 4 is 0 Å². The molecular weight excluding hydrogens is 122 g/mol. The monoisotopic (exact) mass is 131 g/mol. The molecular formula is C9H9N. The summed E-state index contributed by atoms with van der Waals surface area (Å²) in [6, 6.07) is 3.83.